The molecule has 2 amide bonds. The van der Waals surface area contributed by atoms with Gasteiger partial charge in [-0.25, -0.2) is 8.42 Å². The van der Waals surface area contributed by atoms with Gasteiger partial charge in [-0.2, -0.15) is 0 Å². The predicted octanol–water partition coefficient (Wildman–Crippen LogP) is 4.77. The fraction of sp³-hybridized carbons (Fsp3) is 0.310. The SMILES string of the molecule is CC(C)(C)NC(=O)[C@H](Cc1ccccc1)N(Cc1ccccc1)C(=O)CN(c1ccc(Br)cc1)S(C)(=O)=O. The van der Waals surface area contributed by atoms with Crippen LogP contribution in [0.3, 0.4) is 0 Å². The molecule has 9 heteroatoms. The molecule has 0 saturated carbocycles. The summed E-state index contributed by atoms with van der Waals surface area (Å²) in [5, 5.41) is 3.01. The smallest absolute Gasteiger partial charge is 0.244 e. The van der Waals surface area contributed by atoms with Crippen LogP contribution in [0.2, 0.25) is 0 Å². The number of carbonyl (C=O) groups excluding carboxylic acids is 2. The maximum atomic E-state index is 14.0. The van der Waals surface area contributed by atoms with E-state index in [0.717, 1.165) is 26.2 Å². The van der Waals surface area contributed by atoms with E-state index in [1.807, 2.05) is 81.4 Å². The van der Waals surface area contributed by atoms with Crippen molar-refractivity contribution in [2.45, 2.75) is 45.3 Å². The number of carbonyl (C=O) groups is 2. The van der Waals surface area contributed by atoms with Gasteiger partial charge in [-0.15, -0.1) is 0 Å². The van der Waals surface area contributed by atoms with E-state index in [1.165, 1.54) is 4.90 Å². The zero-order chi connectivity index (χ0) is 27.9. The largest absolute Gasteiger partial charge is 0.350 e. The lowest BCUT2D eigenvalue weighted by Gasteiger charge is -2.35. The Morgan fingerprint density at radius 2 is 1.39 bits per heavy atom. The molecule has 0 aromatic heterocycles. The maximum absolute atomic E-state index is 14.0. The Kier molecular flexibility index (Phi) is 9.73. The third-order valence-electron chi connectivity index (χ3n) is 5.76. The van der Waals surface area contributed by atoms with Crippen molar-refractivity contribution < 1.29 is 18.0 Å². The summed E-state index contributed by atoms with van der Waals surface area (Å²) in [6, 6.07) is 24.7. The van der Waals surface area contributed by atoms with Gasteiger partial charge in [0.15, 0.2) is 0 Å². The molecule has 1 N–H and O–H groups in total. The number of nitrogens with zero attached hydrogens (tertiary/aromatic N) is 2. The second kappa shape index (κ2) is 12.6. The molecule has 7 nitrogen and oxygen atoms in total. The van der Waals surface area contributed by atoms with Crippen LogP contribution in [0.4, 0.5) is 5.69 Å². The summed E-state index contributed by atoms with van der Waals surface area (Å²) in [4.78, 5) is 29.1. The highest BCUT2D eigenvalue weighted by Gasteiger charge is 2.34. The summed E-state index contributed by atoms with van der Waals surface area (Å²) in [5.41, 5.74) is 1.56. The molecular weight excluding hydrogens is 566 g/mol. The first-order valence-electron chi connectivity index (χ1n) is 12.3. The highest BCUT2D eigenvalue weighted by atomic mass is 79.9. The number of benzene rings is 3. The van der Waals surface area contributed by atoms with Crippen LogP contribution in [0.25, 0.3) is 0 Å². The van der Waals surface area contributed by atoms with Crippen molar-refractivity contribution in [3.8, 4) is 0 Å². The monoisotopic (exact) mass is 599 g/mol. The van der Waals surface area contributed by atoms with E-state index in [9.17, 15) is 18.0 Å². The number of halogens is 1. The van der Waals surface area contributed by atoms with Gasteiger partial charge in [-0.05, 0) is 56.2 Å². The van der Waals surface area contributed by atoms with Crippen LogP contribution in [0.1, 0.15) is 31.9 Å². The molecule has 0 heterocycles. The first-order chi connectivity index (χ1) is 17.8. The van der Waals surface area contributed by atoms with E-state index >= 15 is 0 Å². The van der Waals surface area contributed by atoms with Crippen LogP contribution in [0.5, 0.6) is 0 Å². The Morgan fingerprint density at radius 1 is 0.868 bits per heavy atom. The fourth-order valence-corrected chi connectivity index (χ4v) is 5.12. The average molecular weight is 601 g/mol. The molecule has 0 radical (unpaired) electrons. The second-order valence-corrected chi connectivity index (χ2v) is 13.0. The minimum Gasteiger partial charge on any atom is -0.350 e. The molecule has 3 rings (SSSR count). The number of hydrogen-bond donors (Lipinski definition) is 1. The highest BCUT2D eigenvalue weighted by Crippen LogP contribution is 2.22. The van der Waals surface area contributed by atoms with Crippen molar-refractivity contribution in [3.63, 3.8) is 0 Å². The van der Waals surface area contributed by atoms with E-state index in [2.05, 4.69) is 21.2 Å². The highest BCUT2D eigenvalue weighted by molar-refractivity contribution is 9.10. The quantitative estimate of drug-likeness (QED) is 0.364. The van der Waals surface area contributed by atoms with Crippen molar-refractivity contribution >= 4 is 43.5 Å². The van der Waals surface area contributed by atoms with Crippen molar-refractivity contribution in [1.82, 2.24) is 10.2 Å². The van der Waals surface area contributed by atoms with Crippen LogP contribution >= 0.6 is 15.9 Å². The third-order valence-corrected chi connectivity index (χ3v) is 7.43. The number of anilines is 1. The number of hydrogen-bond acceptors (Lipinski definition) is 4. The standard InChI is InChI=1S/C29H34BrN3O4S/c1-29(2,3)31-28(35)26(19-22-11-7-5-8-12-22)32(20-23-13-9-6-10-14-23)27(34)21-33(38(4,36)37)25-17-15-24(30)16-18-25/h5-18,26H,19-21H2,1-4H3,(H,31,35)/t26-/m0/s1. The van der Waals surface area contributed by atoms with Crippen molar-refractivity contribution in [1.29, 1.82) is 0 Å². The predicted molar refractivity (Wildman–Crippen MR) is 155 cm³/mol. The Bertz CT molecular complexity index is 1330. The number of sulfonamides is 1. The molecule has 0 aliphatic carbocycles. The lowest BCUT2D eigenvalue weighted by Crippen LogP contribution is -2.56. The minimum atomic E-state index is -3.80. The molecule has 3 aromatic rings. The van der Waals surface area contributed by atoms with Gasteiger partial charge in [0.1, 0.15) is 12.6 Å². The fourth-order valence-electron chi connectivity index (χ4n) is 4.01. The molecular formula is C29H34BrN3O4S. The zero-order valence-corrected chi connectivity index (χ0v) is 24.5. The molecule has 38 heavy (non-hydrogen) atoms. The molecule has 0 bridgehead atoms. The van der Waals surface area contributed by atoms with E-state index in [0.29, 0.717) is 5.69 Å². The molecule has 0 unspecified atom stereocenters. The Morgan fingerprint density at radius 3 is 1.89 bits per heavy atom. The zero-order valence-electron chi connectivity index (χ0n) is 22.1. The van der Waals surface area contributed by atoms with Crippen molar-refractivity contribution in [2.24, 2.45) is 0 Å². The first kappa shape index (κ1) is 29.4. The lowest BCUT2D eigenvalue weighted by atomic mass is 10.0. The van der Waals surface area contributed by atoms with Crippen LogP contribution in [-0.2, 0) is 32.6 Å². The number of rotatable bonds is 10. The average Bonchev–Trinajstić information content (AvgIpc) is 2.84. The van der Waals surface area contributed by atoms with Gasteiger partial charge in [0.25, 0.3) is 0 Å². The Balaban J connectivity index is 2.04. The van der Waals surface area contributed by atoms with Crippen molar-refractivity contribution in [3.05, 3.63) is 101 Å². The molecule has 0 fully saturated rings. The normalized spacial score (nSPS) is 12.4. The van der Waals surface area contributed by atoms with Crippen LogP contribution in [0.15, 0.2) is 89.4 Å². The Labute approximate surface area is 234 Å². The molecule has 0 spiro atoms. The molecule has 0 saturated heterocycles. The number of amides is 2. The summed E-state index contributed by atoms with van der Waals surface area (Å²) < 4.78 is 27.4. The van der Waals surface area contributed by atoms with Crippen LogP contribution in [0, 0.1) is 0 Å². The van der Waals surface area contributed by atoms with E-state index in [1.54, 1.807) is 24.3 Å². The Hall–Kier alpha value is -3.17. The van der Waals surface area contributed by atoms with Gasteiger partial charge in [0, 0.05) is 23.0 Å². The summed E-state index contributed by atoms with van der Waals surface area (Å²) in [5.74, 6) is -0.785. The van der Waals surface area contributed by atoms with E-state index in [4.69, 9.17) is 0 Å². The molecule has 3 aromatic carbocycles. The van der Waals surface area contributed by atoms with E-state index < -0.39 is 34.1 Å². The molecule has 202 valence electrons. The summed E-state index contributed by atoms with van der Waals surface area (Å²) in [6.07, 6.45) is 1.34. The van der Waals surface area contributed by atoms with Gasteiger partial charge in [-0.3, -0.25) is 13.9 Å². The maximum Gasteiger partial charge on any atom is 0.244 e. The van der Waals surface area contributed by atoms with Crippen LogP contribution < -0.4 is 9.62 Å². The van der Waals surface area contributed by atoms with Gasteiger partial charge < -0.3 is 10.2 Å². The minimum absolute atomic E-state index is 0.146. The molecule has 1 atom stereocenters. The third kappa shape index (κ3) is 8.70. The number of nitrogens with one attached hydrogen (secondary N) is 1. The molecule has 0 aliphatic heterocycles. The van der Waals surface area contributed by atoms with Gasteiger partial charge >= 0.3 is 0 Å². The lowest BCUT2D eigenvalue weighted by molar-refractivity contribution is -0.140. The van der Waals surface area contributed by atoms with Crippen LogP contribution in [-0.4, -0.2) is 49.5 Å². The van der Waals surface area contributed by atoms with E-state index in [-0.39, 0.29) is 18.9 Å². The second-order valence-electron chi connectivity index (χ2n) is 10.2. The van der Waals surface area contributed by atoms with Gasteiger partial charge in [0.05, 0.1) is 11.9 Å². The van der Waals surface area contributed by atoms with Gasteiger partial charge in [0.2, 0.25) is 21.8 Å². The first-order valence-corrected chi connectivity index (χ1v) is 14.9. The van der Waals surface area contributed by atoms with Crippen molar-refractivity contribution in [2.75, 3.05) is 17.1 Å². The topological polar surface area (TPSA) is 86.8 Å². The summed E-state index contributed by atoms with van der Waals surface area (Å²) in [7, 11) is -3.80. The summed E-state index contributed by atoms with van der Waals surface area (Å²) in [6.45, 7) is 5.35. The van der Waals surface area contributed by atoms with Gasteiger partial charge in [-0.1, -0.05) is 76.6 Å². The molecule has 0 aliphatic rings. The summed E-state index contributed by atoms with van der Waals surface area (Å²) >= 11 is 3.36.